The van der Waals surface area contributed by atoms with Gasteiger partial charge in [-0.2, -0.15) is 0 Å². The van der Waals surface area contributed by atoms with Crippen molar-refractivity contribution in [2.75, 3.05) is 66.2 Å². The number of rotatable bonds is 9. The molecule has 0 aromatic rings. The molecule has 0 saturated carbocycles. The van der Waals surface area contributed by atoms with Crippen molar-refractivity contribution >= 4 is 5.91 Å². The van der Waals surface area contributed by atoms with Crippen molar-refractivity contribution < 1.29 is 14.3 Å². The number of piperazine rings is 1. The van der Waals surface area contributed by atoms with Gasteiger partial charge >= 0.3 is 0 Å². The lowest BCUT2D eigenvalue weighted by atomic mass is 10.3. The van der Waals surface area contributed by atoms with Gasteiger partial charge in [-0.1, -0.05) is 0 Å². The van der Waals surface area contributed by atoms with E-state index in [0.29, 0.717) is 32.9 Å². The molecule has 2 N–H and O–H groups in total. The highest BCUT2D eigenvalue weighted by molar-refractivity contribution is 5.77. The van der Waals surface area contributed by atoms with Crippen LogP contribution in [-0.2, 0) is 14.3 Å². The van der Waals surface area contributed by atoms with Crippen molar-refractivity contribution in [3.8, 4) is 0 Å². The van der Waals surface area contributed by atoms with Gasteiger partial charge in [-0.05, 0) is 6.42 Å². The van der Waals surface area contributed by atoms with Gasteiger partial charge in [-0.25, -0.2) is 0 Å². The zero-order chi connectivity index (χ0) is 13.1. The normalized spacial score (nSPS) is 16.7. The van der Waals surface area contributed by atoms with E-state index >= 15 is 0 Å². The molecule has 6 nitrogen and oxygen atoms in total. The van der Waals surface area contributed by atoms with Crippen LogP contribution in [0, 0.1) is 0 Å². The average Bonchev–Trinajstić information content (AvgIpc) is 2.39. The molecule has 0 spiro atoms. The van der Waals surface area contributed by atoms with Crippen molar-refractivity contribution in [1.82, 2.24) is 15.5 Å². The molecule has 0 aromatic carbocycles. The largest absolute Gasteiger partial charge is 0.382 e. The van der Waals surface area contributed by atoms with Crippen molar-refractivity contribution in [1.29, 1.82) is 0 Å². The van der Waals surface area contributed by atoms with Gasteiger partial charge in [0.05, 0.1) is 19.8 Å². The van der Waals surface area contributed by atoms with Gasteiger partial charge in [0.2, 0.25) is 5.91 Å². The van der Waals surface area contributed by atoms with E-state index in [9.17, 15) is 4.79 Å². The number of nitrogens with one attached hydrogen (secondary N) is 2. The monoisotopic (exact) mass is 259 g/mol. The van der Waals surface area contributed by atoms with Crippen LogP contribution in [0.3, 0.4) is 0 Å². The molecule has 1 heterocycles. The first kappa shape index (κ1) is 15.4. The Balaban J connectivity index is 1.90. The minimum absolute atomic E-state index is 0.105. The molecule has 0 aromatic heterocycles. The molecule has 1 saturated heterocycles. The van der Waals surface area contributed by atoms with Crippen LogP contribution in [-0.4, -0.2) is 77.0 Å². The van der Waals surface area contributed by atoms with E-state index in [1.165, 1.54) is 0 Å². The molecule has 0 unspecified atom stereocenters. The van der Waals surface area contributed by atoms with Crippen LogP contribution in [0.2, 0.25) is 0 Å². The maximum atomic E-state index is 11.6. The van der Waals surface area contributed by atoms with Crippen LogP contribution in [0.1, 0.15) is 6.42 Å². The van der Waals surface area contributed by atoms with Gasteiger partial charge in [0.25, 0.3) is 0 Å². The van der Waals surface area contributed by atoms with Crippen LogP contribution < -0.4 is 10.6 Å². The standard InChI is InChI=1S/C12H25N3O3/c1-17-9-10-18-8-2-3-14-12(16)11-15-6-4-13-5-7-15/h13H,2-11H2,1H3,(H,14,16). The number of nitrogens with zero attached hydrogens (tertiary/aromatic N) is 1. The number of carbonyl (C=O) groups excluding carboxylic acids is 1. The summed E-state index contributed by atoms with van der Waals surface area (Å²) in [4.78, 5) is 13.8. The summed E-state index contributed by atoms with van der Waals surface area (Å²) < 4.78 is 10.2. The molecular formula is C12H25N3O3. The summed E-state index contributed by atoms with van der Waals surface area (Å²) in [5, 5.41) is 6.17. The number of amides is 1. The van der Waals surface area contributed by atoms with Gasteiger partial charge in [-0.3, -0.25) is 9.69 Å². The lowest BCUT2D eigenvalue weighted by Gasteiger charge is -2.26. The van der Waals surface area contributed by atoms with Crippen LogP contribution in [0.25, 0.3) is 0 Å². The molecule has 1 aliphatic heterocycles. The van der Waals surface area contributed by atoms with Gasteiger partial charge in [0, 0.05) is 46.4 Å². The minimum Gasteiger partial charge on any atom is -0.382 e. The highest BCUT2D eigenvalue weighted by Gasteiger charge is 2.12. The minimum atomic E-state index is 0.105. The Morgan fingerprint density at radius 3 is 2.78 bits per heavy atom. The summed E-state index contributed by atoms with van der Waals surface area (Å²) in [5.41, 5.74) is 0. The summed E-state index contributed by atoms with van der Waals surface area (Å²) in [6.07, 6.45) is 0.844. The molecule has 1 aliphatic rings. The van der Waals surface area contributed by atoms with E-state index in [1.54, 1.807) is 7.11 Å². The van der Waals surface area contributed by atoms with Crippen molar-refractivity contribution in [2.24, 2.45) is 0 Å². The molecule has 106 valence electrons. The van der Waals surface area contributed by atoms with E-state index in [4.69, 9.17) is 9.47 Å². The first-order valence-electron chi connectivity index (χ1n) is 6.59. The zero-order valence-electron chi connectivity index (χ0n) is 11.2. The van der Waals surface area contributed by atoms with E-state index in [1.807, 2.05) is 0 Å². The first-order valence-corrected chi connectivity index (χ1v) is 6.59. The topological polar surface area (TPSA) is 62.8 Å². The second kappa shape index (κ2) is 10.3. The maximum Gasteiger partial charge on any atom is 0.234 e. The van der Waals surface area contributed by atoms with Gasteiger partial charge in [-0.15, -0.1) is 0 Å². The zero-order valence-corrected chi connectivity index (χ0v) is 11.2. The molecule has 0 atom stereocenters. The van der Waals surface area contributed by atoms with Crippen LogP contribution in [0.5, 0.6) is 0 Å². The van der Waals surface area contributed by atoms with Gasteiger partial charge in [0.15, 0.2) is 0 Å². The Hall–Kier alpha value is -0.690. The SMILES string of the molecule is COCCOCCCNC(=O)CN1CCNCC1. The third-order valence-corrected chi connectivity index (χ3v) is 2.80. The van der Waals surface area contributed by atoms with Crippen LogP contribution in [0.4, 0.5) is 0 Å². The number of carbonyl (C=O) groups is 1. The second-order valence-electron chi connectivity index (χ2n) is 4.33. The smallest absolute Gasteiger partial charge is 0.234 e. The Bertz CT molecular complexity index is 221. The van der Waals surface area contributed by atoms with Crippen molar-refractivity contribution in [3.05, 3.63) is 0 Å². The summed E-state index contributed by atoms with van der Waals surface area (Å²) >= 11 is 0. The number of ether oxygens (including phenoxy) is 2. The molecule has 0 aliphatic carbocycles. The summed E-state index contributed by atoms with van der Waals surface area (Å²) in [6, 6.07) is 0. The van der Waals surface area contributed by atoms with Crippen molar-refractivity contribution in [2.45, 2.75) is 6.42 Å². The molecule has 0 radical (unpaired) electrons. The summed E-state index contributed by atoms with van der Waals surface area (Å²) in [7, 11) is 1.65. The quantitative estimate of drug-likeness (QED) is 0.523. The number of hydrogen-bond acceptors (Lipinski definition) is 5. The summed E-state index contributed by atoms with van der Waals surface area (Å²) in [5.74, 6) is 0.105. The van der Waals surface area contributed by atoms with E-state index in [2.05, 4.69) is 15.5 Å². The molecule has 1 amide bonds. The van der Waals surface area contributed by atoms with Gasteiger partial charge < -0.3 is 20.1 Å². The Labute approximate surface area is 109 Å². The fraction of sp³-hybridized carbons (Fsp3) is 0.917. The second-order valence-corrected chi connectivity index (χ2v) is 4.33. The summed E-state index contributed by atoms with van der Waals surface area (Å²) in [6.45, 7) is 6.93. The molecule has 1 fully saturated rings. The highest BCUT2D eigenvalue weighted by Crippen LogP contribution is 1.91. The van der Waals surface area contributed by atoms with E-state index in [0.717, 1.165) is 32.6 Å². The number of hydrogen-bond donors (Lipinski definition) is 2. The third kappa shape index (κ3) is 7.60. The molecule has 6 heteroatoms. The molecule has 1 rings (SSSR count). The Morgan fingerprint density at radius 1 is 1.28 bits per heavy atom. The first-order chi connectivity index (χ1) is 8.83. The van der Waals surface area contributed by atoms with Crippen LogP contribution in [0.15, 0.2) is 0 Å². The van der Waals surface area contributed by atoms with E-state index in [-0.39, 0.29) is 5.91 Å². The third-order valence-electron chi connectivity index (χ3n) is 2.80. The predicted octanol–water partition coefficient (Wildman–Crippen LogP) is -0.939. The molecular weight excluding hydrogens is 234 g/mol. The van der Waals surface area contributed by atoms with Gasteiger partial charge in [0.1, 0.15) is 0 Å². The molecule has 0 bridgehead atoms. The fourth-order valence-electron chi connectivity index (χ4n) is 1.77. The molecule has 18 heavy (non-hydrogen) atoms. The van der Waals surface area contributed by atoms with Crippen LogP contribution >= 0.6 is 0 Å². The average molecular weight is 259 g/mol. The highest BCUT2D eigenvalue weighted by atomic mass is 16.5. The predicted molar refractivity (Wildman–Crippen MR) is 69.6 cm³/mol. The van der Waals surface area contributed by atoms with E-state index < -0.39 is 0 Å². The maximum absolute atomic E-state index is 11.6. The number of methoxy groups -OCH3 is 1. The Kier molecular flexibility index (Phi) is 8.75. The lowest BCUT2D eigenvalue weighted by molar-refractivity contribution is -0.122. The van der Waals surface area contributed by atoms with Crippen molar-refractivity contribution in [3.63, 3.8) is 0 Å². The fourth-order valence-corrected chi connectivity index (χ4v) is 1.77. The lowest BCUT2D eigenvalue weighted by Crippen LogP contribution is -2.47. The Morgan fingerprint density at radius 2 is 2.06 bits per heavy atom.